The molecular weight excluding hydrogens is 415 g/mol. The Morgan fingerprint density at radius 3 is 2.60 bits per heavy atom. The van der Waals surface area contributed by atoms with E-state index in [1.165, 1.54) is 17.4 Å². The standard InChI is InChI=1S/C21H18F3N3O2S/c1-4-11(3)28-16-8-17-14(7-13(16)22)27-20(30-17)12-5-10(2)6-15-19(12)25-9-18(26-15)29-21(23)24/h5-9,11,21H,4H2,1-3H3/t11-/m0/s1. The number of hydrogen-bond acceptors (Lipinski definition) is 6. The lowest BCUT2D eigenvalue weighted by atomic mass is 10.1. The molecule has 0 aliphatic heterocycles. The van der Waals surface area contributed by atoms with Gasteiger partial charge in [-0.15, -0.1) is 11.3 Å². The van der Waals surface area contributed by atoms with Crippen LogP contribution in [0.4, 0.5) is 13.2 Å². The fourth-order valence-corrected chi connectivity index (χ4v) is 3.99. The third-order valence-corrected chi connectivity index (χ3v) is 5.61. The number of rotatable bonds is 6. The van der Waals surface area contributed by atoms with Crippen LogP contribution < -0.4 is 9.47 Å². The monoisotopic (exact) mass is 433 g/mol. The van der Waals surface area contributed by atoms with E-state index in [2.05, 4.69) is 19.7 Å². The van der Waals surface area contributed by atoms with Crippen LogP contribution in [0.2, 0.25) is 0 Å². The number of aromatic nitrogens is 3. The topological polar surface area (TPSA) is 57.1 Å². The average Bonchev–Trinajstić information content (AvgIpc) is 3.09. The van der Waals surface area contributed by atoms with Crippen LogP contribution in [-0.2, 0) is 0 Å². The molecule has 2 aromatic carbocycles. The minimum atomic E-state index is -2.98. The van der Waals surface area contributed by atoms with Gasteiger partial charge in [-0.25, -0.2) is 19.3 Å². The summed E-state index contributed by atoms with van der Waals surface area (Å²) in [5.74, 6) is -0.538. The van der Waals surface area contributed by atoms with Crippen molar-refractivity contribution in [3.63, 3.8) is 0 Å². The molecule has 156 valence electrons. The molecule has 9 heteroatoms. The average molecular weight is 433 g/mol. The van der Waals surface area contributed by atoms with Crippen molar-refractivity contribution < 1.29 is 22.6 Å². The molecule has 0 spiro atoms. The highest BCUT2D eigenvalue weighted by molar-refractivity contribution is 7.21. The summed E-state index contributed by atoms with van der Waals surface area (Å²) in [5, 5.41) is 0.621. The maximum atomic E-state index is 14.4. The van der Waals surface area contributed by atoms with Crippen LogP contribution >= 0.6 is 11.3 Å². The van der Waals surface area contributed by atoms with Gasteiger partial charge in [-0.05, 0) is 38.0 Å². The highest BCUT2D eigenvalue weighted by atomic mass is 32.1. The Morgan fingerprint density at radius 1 is 1.07 bits per heavy atom. The number of thiazole rings is 1. The molecule has 5 nitrogen and oxygen atoms in total. The molecule has 4 aromatic rings. The maximum absolute atomic E-state index is 14.4. The van der Waals surface area contributed by atoms with Gasteiger partial charge >= 0.3 is 6.61 Å². The Kier molecular flexibility index (Phi) is 5.46. The summed E-state index contributed by atoms with van der Waals surface area (Å²) < 4.78 is 50.2. The minimum absolute atomic E-state index is 0.106. The lowest BCUT2D eigenvalue weighted by molar-refractivity contribution is -0.0528. The van der Waals surface area contributed by atoms with E-state index in [-0.39, 0.29) is 17.7 Å². The lowest BCUT2D eigenvalue weighted by Crippen LogP contribution is -2.10. The van der Waals surface area contributed by atoms with E-state index in [9.17, 15) is 13.2 Å². The highest BCUT2D eigenvalue weighted by Crippen LogP contribution is 2.37. The van der Waals surface area contributed by atoms with Crippen molar-refractivity contribution in [1.82, 2.24) is 15.0 Å². The van der Waals surface area contributed by atoms with Crippen molar-refractivity contribution in [2.24, 2.45) is 0 Å². The molecule has 0 amide bonds. The molecule has 30 heavy (non-hydrogen) atoms. The summed E-state index contributed by atoms with van der Waals surface area (Å²) in [6.07, 6.45) is 1.81. The first-order valence-electron chi connectivity index (χ1n) is 9.33. The van der Waals surface area contributed by atoms with E-state index in [1.54, 1.807) is 12.1 Å². The maximum Gasteiger partial charge on any atom is 0.388 e. The Morgan fingerprint density at radius 2 is 1.87 bits per heavy atom. The third kappa shape index (κ3) is 4.02. The molecule has 4 rings (SSSR count). The Bertz CT molecular complexity index is 1230. The smallest absolute Gasteiger partial charge is 0.388 e. The van der Waals surface area contributed by atoms with Crippen LogP contribution in [0.5, 0.6) is 11.6 Å². The van der Waals surface area contributed by atoms with Gasteiger partial charge < -0.3 is 9.47 Å². The molecular formula is C21H18F3N3O2S. The van der Waals surface area contributed by atoms with Gasteiger partial charge in [0, 0.05) is 17.7 Å². The van der Waals surface area contributed by atoms with Crippen LogP contribution in [0.15, 0.2) is 30.5 Å². The van der Waals surface area contributed by atoms with Gasteiger partial charge in [-0.3, -0.25) is 0 Å². The van der Waals surface area contributed by atoms with Crippen LogP contribution in [0.1, 0.15) is 25.8 Å². The summed E-state index contributed by atoms with van der Waals surface area (Å²) in [6, 6.07) is 6.62. The lowest BCUT2D eigenvalue weighted by Gasteiger charge is -2.12. The number of ether oxygens (including phenoxy) is 2. The second kappa shape index (κ2) is 8.06. The molecule has 0 saturated heterocycles. The number of benzene rings is 2. The normalized spacial score (nSPS) is 12.6. The Balaban J connectivity index is 1.81. The van der Waals surface area contributed by atoms with Crippen molar-refractivity contribution >= 4 is 32.6 Å². The molecule has 0 radical (unpaired) electrons. The molecule has 1 atom stereocenters. The first kappa shape index (κ1) is 20.3. The largest absolute Gasteiger partial charge is 0.488 e. The Hall–Kier alpha value is -2.94. The zero-order chi connectivity index (χ0) is 21.4. The van der Waals surface area contributed by atoms with E-state index in [0.717, 1.165) is 22.9 Å². The quantitative estimate of drug-likeness (QED) is 0.366. The van der Waals surface area contributed by atoms with Crippen molar-refractivity contribution in [3.8, 4) is 22.2 Å². The van der Waals surface area contributed by atoms with Gasteiger partial charge in [0.15, 0.2) is 11.6 Å². The number of hydrogen-bond donors (Lipinski definition) is 0. The van der Waals surface area contributed by atoms with Crippen LogP contribution in [0.3, 0.4) is 0 Å². The van der Waals surface area contributed by atoms with Crippen LogP contribution in [-0.4, -0.2) is 27.7 Å². The van der Waals surface area contributed by atoms with Crippen LogP contribution in [0.25, 0.3) is 31.8 Å². The van der Waals surface area contributed by atoms with E-state index < -0.39 is 12.4 Å². The number of alkyl halides is 2. The predicted molar refractivity (Wildman–Crippen MR) is 110 cm³/mol. The zero-order valence-electron chi connectivity index (χ0n) is 16.4. The SMILES string of the molecule is CC[C@H](C)Oc1cc2sc(-c3cc(C)cc4nc(OC(F)F)cnc34)nc2cc1F. The number of nitrogens with zero attached hydrogens (tertiary/aromatic N) is 3. The summed E-state index contributed by atoms with van der Waals surface area (Å²) in [5.41, 5.74) is 2.95. The number of fused-ring (bicyclic) bond motifs is 2. The third-order valence-electron chi connectivity index (χ3n) is 4.55. The minimum Gasteiger partial charge on any atom is -0.488 e. The van der Waals surface area contributed by atoms with Crippen molar-refractivity contribution in [2.75, 3.05) is 0 Å². The molecule has 2 heterocycles. The van der Waals surface area contributed by atoms with Gasteiger partial charge in [0.25, 0.3) is 0 Å². The van der Waals surface area contributed by atoms with Crippen molar-refractivity contribution in [3.05, 3.63) is 41.8 Å². The molecule has 0 aliphatic rings. The number of halogens is 3. The van der Waals surface area contributed by atoms with Gasteiger partial charge in [-0.1, -0.05) is 6.92 Å². The van der Waals surface area contributed by atoms with Crippen molar-refractivity contribution in [2.45, 2.75) is 39.9 Å². The molecule has 0 aliphatic carbocycles. The second-order valence-corrected chi connectivity index (χ2v) is 7.90. The van der Waals surface area contributed by atoms with Crippen molar-refractivity contribution in [1.29, 1.82) is 0 Å². The van der Waals surface area contributed by atoms with Gasteiger partial charge in [0.2, 0.25) is 5.88 Å². The molecule has 0 N–H and O–H groups in total. The molecule has 0 unspecified atom stereocenters. The van der Waals surface area contributed by atoms with E-state index >= 15 is 0 Å². The van der Waals surface area contributed by atoms with E-state index in [4.69, 9.17) is 4.74 Å². The predicted octanol–water partition coefficient (Wildman–Crippen LogP) is 6.13. The van der Waals surface area contributed by atoms with E-state index in [0.29, 0.717) is 27.1 Å². The van der Waals surface area contributed by atoms with Gasteiger partial charge in [-0.2, -0.15) is 8.78 Å². The fraction of sp³-hybridized carbons (Fsp3) is 0.286. The summed E-state index contributed by atoms with van der Waals surface area (Å²) in [7, 11) is 0. The van der Waals surface area contributed by atoms with E-state index in [1.807, 2.05) is 26.8 Å². The summed E-state index contributed by atoms with van der Waals surface area (Å²) >= 11 is 1.37. The molecule has 2 aromatic heterocycles. The molecule has 0 fully saturated rings. The zero-order valence-corrected chi connectivity index (χ0v) is 17.3. The highest BCUT2D eigenvalue weighted by Gasteiger charge is 2.17. The number of aryl methyl sites for hydroxylation is 1. The first-order valence-corrected chi connectivity index (χ1v) is 10.1. The fourth-order valence-electron chi connectivity index (χ4n) is 2.99. The first-order chi connectivity index (χ1) is 14.3. The van der Waals surface area contributed by atoms with Crippen LogP contribution in [0, 0.1) is 12.7 Å². The Labute approximate surface area is 174 Å². The summed E-state index contributed by atoms with van der Waals surface area (Å²) in [4.78, 5) is 12.9. The summed E-state index contributed by atoms with van der Waals surface area (Å²) in [6.45, 7) is 2.72. The second-order valence-electron chi connectivity index (χ2n) is 6.87. The van der Waals surface area contributed by atoms with Gasteiger partial charge in [0.1, 0.15) is 5.01 Å². The molecule has 0 saturated carbocycles. The van der Waals surface area contributed by atoms with Gasteiger partial charge in [0.05, 0.1) is 33.6 Å². The molecule has 0 bridgehead atoms.